The van der Waals surface area contributed by atoms with Crippen LogP contribution in [-0.2, 0) is 0 Å². The summed E-state index contributed by atoms with van der Waals surface area (Å²) < 4.78 is 26.3. The van der Waals surface area contributed by atoms with E-state index in [4.69, 9.17) is 0 Å². The molecule has 1 atom stereocenters. The second-order valence-corrected chi connectivity index (χ2v) is 3.69. The Kier molecular flexibility index (Phi) is 2.87. The Morgan fingerprint density at radius 1 is 1.44 bits per heavy atom. The third-order valence-electron chi connectivity index (χ3n) is 2.44. The zero-order valence-electron chi connectivity index (χ0n) is 9.14. The summed E-state index contributed by atoms with van der Waals surface area (Å²) in [7, 11) is 0. The summed E-state index contributed by atoms with van der Waals surface area (Å²) in [5, 5.41) is 3.15. The van der Waals surface area contributed by atoms with E-state index in [1.54, 1.807) is 0 Å². The molecule has 0 aliphatic carbocycles. The molecule has 0 aliphatic heterocycles. The molecule has 1 aromatic heterocycles. The van der Waals surface area contributed by atoms with Crippen LogP contribution in [0.3, 0.4) is 0 Å². The molecular weight excluding hydrogens is 212 g/mol. The Bertz CT molecular complexity index is 507. The van der Waals surface area contributed by atoms with Crippen molar-refractivity contribution in [1.82, 2.24) is 15.3 Å². The van der Waals surface area contributed by atoms with E-state index in [0.717, 1.165) is 12.6 Å². The van der Waals surface area contributed by atoms with Gasteiger partial charge in [-0.15, -0.1) is 0 Å². The lowest BCUT2D eigenvalue weighted by Crippen LogP contribution is -2.18. The van der Waals surface area contributed by atoms with E-state index in [9.17, 15) is 8.78 Å². The minimum atomic E-state index is -0.638. The van der Waals surface area contributed by atoms with Crippen LogP contribution in [0.15, 0.2) is 12.1 Å². The first-order chi connectivity index (χ1) is 7.61. The normalized spacial score (nSPS) is 13.2. The first-order valence-electron chi connectivity index (χ1n) is 5.20. The summed E-state index contributed by atoms with van der Waals surface area (Å²) in [5.41, 5.74) is 0.568. The Hall–Kier alpha value is -1.49. The standard InChI is InChI=1S/C11H13F2N3/c1-3-14-6(2)11-15-9-5-7(12)4-8(13)10(9)16-11/h4-6,14H,3H2,1-2H3,(H,15,16). The van der Waals surface area contributed by atoms with Crippen LogP contribution < -0.4 is 5.32 Å². The van der Waals surface area contributed by atoms with Crippen molar-refractivity contribution in [1.29, 1.82) is 0 Å². The second-order valence-electron chi connectivity index (χ2n) is 3.69. The highest BCUT2D eigenvalue weighted by molar-refractivity contribution is 5.75. The third kappa shape index (κ3) is 1.90. The summed E-state index contributed by atoms with van der Waals surface area (Å²) >= 11 is 0. The Morgan fingerprint density at radius 3 is 2.88 bits per heavy atom. The van der Waals surface area contributed by atoms with Gasteiger partial charge in [-0.1, -0.05) is 6.92 Å². The van der Waals surface area contributed by atoms with Gasteiger partial charge in [-0.2, -0.15) is 0 Å². The molecular formula is C11H13F2N3. The van der Waals surface area contributed by atoms with Gasteiger partial charge in [0.1, 0.15) is 17.2 Å². The molecule has 1 unspecified atom stereocenters. The van der Waals surface area contributed by atoms with Gasteiger partial charge in [-0.25, -0.2) is 13.8 Å². The summed E-state index contributed by atoms with van der Waals surface area (Å²) in [6.07, 6.45) is 0. The first kappa shape index (κ1) is 11.0. The molecule has 2 aromatic rings. The molecule has 2 N–H and O–H groups in total. The number of nitrogens with zero attached hydrogens (tertiary/aromatic N) is 1. The Morgan fingerprint density at radius 2 is 2.19 bits per heavy atom. The molecule has 3 nitrogen and oxygen atoms in total. The fourth-order valence-corrected chi connectivity index (χ4v) is 1.67. The zero-order chi connectivity index (χ0) is 11.7. The van der Waals surface area contributed by atoms with Gasteiger partial charge in [0.05, 0.1) is 11.6 Å². The summed E-state index contributed by atoms with van der Waals surface area (Å²) in [6, 6.07) is 2.07. The molecule has 0 saturated heterocycles. The first-order valence-corrected chi connectivity index (χ1v) is 5.20. The van der Waals surface area contributed by atoms with E-state index < -0.39 is 11.6 Å². The fraction of sp³-hybridized carbons (Fsp3) is 0.364. The number of aromatic amines is 1. The third-order valence-corrected chi connectivity index (χ3v) is 2.44. The molecule has 1 heterocycles. The van der Waals surface area contributed by atoms with Crippen LogP contribution >= 0.6 is 0 Å². The lowest BCUT2D eigenvalue weighted by molar-refractivity contribution is 0.572. The number of hydrogen-bond acceptors (Lipinski definition) is 2. The highest BCUT2D eigenvalue weighted by Crippen LogP contribution is 2.19. The zero-order valence-corrected chi connectivity index (χ0v) is 9.14. The van der Waals surface area contributed by atoms with Crippen LogP contribution in [0.5, 0.6) is 0 Å². The van der Waals surface area contributed by atoms with E-state index in [-0.39, 0.29) is 11.6 Å². The predicted molar refractivity (Wildman–Crippen MR) is 58.1 cm³/mol. The number of H-pyrrole nitrogens is 1. The molecule has 0 aliphatic rings. The number of rotatable bonds is 3. The molecule has 0 saturated carbocycles. The van der Waals surface area contributed by atoms with Crippen LogP contribution in [-0.4, -0.2) is 16.5 Å². The minimum absolute atomic E-state index is 0.0140. The van der Waals surface area contributed by atoms with Crippen LogP contribution in [0.2, 0.25) is 0 Å². The van der Waals surface area contributed by atoms with Crippen molar-refractivity contribution < 1.29 is 8.78 Å². The molecule has 86 valence electrons. The van der Waals surface area contributed by atoms with Gasteiger partial charge in [0.2, 0.25) is 0 Å². The minimum Gasteiger partial charge on any atom is -0.340 e. The van der Waals surface area contributed by atoms with E-state index in [0.29, 0.717) is 11.3 Å². The summed E-state index contributed by atoms with van der Waals surface area (Å²) in [6.45, 7) is 4.67. The molecule has 0 spiro atoms. The number of fused-ring (bicyclic) bond motifs is 1. The number of nitrogens with one attached hydrogen (secondary N) is 2. The number of halogens is 2. The maximum absolute atomic E-state index is 13.4. The van der Waals surface area contributed by atoms with Crippen molar-refractivity contribution in [2.75, 3.05) is 6.54 Å². The van der Waals surface area contributed by atoms with Crippen molar-refractivity contribution in [2.24, 2.45) is 0 Å². The van der Waals surface area contributed by atoms with Crippen LogP contribution in [0.1, 0.15) is 25.7 Å². The highest BCUT2D eigenvalue weighted by atomic mass is 19.1. The van der Waals surface area contributed by atoms with E-state index in [1.165, 1.54) is 6.07 Å². The summed E-state index contributed by atoms with van der Waals surface area (Å²) in [4.78, 5) is 7.02. The van der Waals surface area contributed by atoms with Crippen molar-refractivity contribution in [3.63, 3.8) is 0 Å². The van der Waals surface area contributed by atoms with E-state index in [1.807, 2.05) is 13.8 Å². The van der Waals surface area contributed by atoms with Gasteiger partial charge in [-0.05, 0) is 19.5 Å². The van der Waals surface area contributed by atoms with Crippen LogP contribution in [0.4, 0.5) is 8.78 Å². The second kappa shape index (κ2) is 4.17. The smallest absolute Gasteiger partial charge is 0.153 e. The topological polar surface area (TPSA) is 40.7 Å². The number of benzene rings is 1. The maximum Gasteiger partial charge on any atom is 0.153 e. The molecule has 0 radical (unpaired) electrons. The van der Waals surface area contributed by atoms with Crippen LogP contribution in [0.25, 0.3) is 11.0 Å². The molecule has 1 aromatic carbocycles. The summed E-state index contributed by atoms with van der Waals surface area (Å²) in [5.74, 6) is -0.626. The Balaban J connectivity index is 2.47. The van der Waals surface area contributed by atoms with Crippen LogP contribution in [0, 0.1) is 11.6 Å². The van der Waals surface area contributed by atoms with Gasteiger partial charge in [0.25, 0.3) is 0 Å². The van der Waals surface area contributed by atoms with Crippen molar-refractivity contribution in [2.45, 2.75) is 19.9 Å². The quantitative estimate of drug-likeness (QED) is 0.842. The van der Waals surface area contributed by atoms with Gasteiger partial charge < -0.3 is 10.3 Å². The molecule has 2 rings (SSSR count). The van der Waals surface area contributed by atoms with Crippen molar-refractivity contribution in [3.05, 3.63) is 29.6 Å². The largest absolute Gasteiger partial charge is 0.340 e. The van der Waals surface area contributed by atoms with Gasteiger partial charge >= 0.3 is 0 Å². The van der Waals surface area contributed by atoms with Crippen molar-refractivity contribution in [3.8, 4) is 0 Å². The monoisotopic (exact) mass is 225 g/mol. The Labute approximate surface area is 91.9 Å². The SMILES string of the molecule is CCNC(C)c1nc2c(F)cc(F)cc2[nH]1. The van der Waals surface area contributed by atoms with Gasteiger partial charge in [0.15, 0.2) is 5.82 Å². The van der Waals surface area contributed by atoms with Gasteiger partial charge in [-0.3, -0.25) is 0 Å². The van der Waals surface area contributed by atoms with Crippen molar-refractivity contribution >= 4 is 11.0 Å². The average molecular weight is 225 g/mol. The number of hydrogen-bond donors (Lipinski definition) is 2. The molecule has 0 fully saturated rings. The highest BCUT2D eigenvalue weighted by Gasteiger charge is 2.13. The molecule has 16 heavy (non-hydrogen) atoms. The van der Waals surface area contributed by atoms with E-state index in [2.05, 4.69) is 15.3 Å². The molecule has 5 heteroatoms. The lowest BCUT2D eigenvalue weighted by atomic mass is 10.3. The lowest BCUT2D eigenvalue weighted by Gasteiger charge is -2.07. The average Bonchev–Trinajstić information content (AvgIpc) is 2.62. The number of aromatic nitrogens is 2. The maximum atomic E-state index is 13.4. The predicted octanol–water partition coefficient (Wildman–Crippen LogP) is 2.51. The number of imidazole rings is 1. The fourth-order valence-electron chi connectivity index (χ4n) is 1.67. The van der Waals surface area contributed by atoms with Gasteiger partial charge in [0, 0.05) is 6.07 Å². The van der Waals surface area contributed by atoms with E-state index >= 15 is 0 Å². The molecule has 0 amide bonds. The molecule has 0 bridgehead atoms.